The number of piperidine rings is 1. The maximum absolute atomic E-state index is 3.58. The highest BCUT2D eigenvalue weighted by Gasteiger charge is 2.29. The fourth-order valence-corrected chi connectivity index (χ4v) is 4.13. The van der Waals surface area contributed by atoms with Crippen molar-refractivity contribution in [3.63, 3.8) is 0 Å². The predicted molar refractivity (Wildman–Crippen MR) is 96.1 cm³/mol. The average molecular weight is 309 g/mol. The van der Waals surface area contributed by atoms with E-state index in [1.807, 2.05) is 0 Å². The molecule has 4 rings (SSSR count). The Morgan fingerprint density at radius 3 is 2.70 bits per heavy atom. The molecular formula is C20H27N3. The van der Waals surface area contributed by atoms with Gasteiger partial charge in [-0.2, -0.15) is 0 Å². The van der Waals surface area contributed by atoms with E-state index in [0.29, 0.717) is 5.92 Å². The van der Waals surface area contributed by atoms with Crippen LogP contribution in [0.4, 0.5) is 5.69 Å². The summed E-state index contributed by atoms with van der Waals surface area (Å²) in [5.74, 6) is 0.707. The van der Waals surface area contributed by atoms with Crippen LogP contribution in [-0.2, 0) is 0 Å². The lowest BCUT2D eigenvalue weighted by molar-refractivity contribution is 0.217. The highest BCUT2D eigenvalue weighted by molar-refractivity contribution is 5.58. The van der Waals surface area contributed by atoms with Crippen LogP contribution in [0.1, 0.15) is 32.1 Å². The first-order valence-corrected chi connectivity index (χ1v) is 9.12. The molecule has 0 spiro atoms. The van der Waals surface area contributed by atoms with Gasteiger partial charge in [0, 0.05) is 6.54 Å². The zero-order valence-corrected chi connectivity index (χ0v) is 13.9. The molecule has 0 saturated carbocycles. The zero-order valence-electron chi connectivity index (χ0n) is 13.9. The van der Waals surface area contributed by atoms with Gasteiger partial charge >= 0.3 is 0 Å². The number of hydrazine groups is 1. The second-order valence-corrected chi connectivity index (χ2v) is 6.94. The number of hydrogen-bond acceptors (Lipinski definition) is 3. The van der Waals surface area contributed by atoms with Crippen LogP contribution >= 0.6 is 0 Å². The van der Waals surface area contributed by atoms with Crippen LogP contribution in [0, 0.1) is 5.92 Å². The molecule has 3 aliphatic rings. The fourth-order valence-electron chi connectivity index (χ4n) is 4.13. The largest absolute Gasteiger partial charge is 0.303 e. The van der Waals surface area contributed by atoms with Crippen molar-refractivity contribution in [2.45, 2.75) is 32.1 Å². The van der Waals surface area contributed by atoms with Crippen LogP contribution in [0.3, 0.4) is 0 Å². The van der Waals surface area contributed by atoms with Crippen molar-refractivity contribution in [1.82, 2.24) is 10.3 Å². The molecule has 1 aromatic rings. The van der Waals surface area contributed by atoms with Crippen molar-refractivity contribution in [3.05, 3.63) is 53.8 Å². The number of nitrogens with one attached hydrogen (secondary N) is 1. The van der Waals surface area contributed by atoms with E-state index in [1.54, 1.807) is 5.57 Å². The third-order valence-corrected chi connectivity index (χ3v) is 5.44. The third-order valence-electron chi connectivity index (χ3n) is 5.44. The Labute approximate surface area is 139 Å². The summed E-state index contributed by atoms with van der Waals surface area (Å²) in [4.78, 5) is 2.67. The number of para-hydroxylation sites is 1. The van der Waals surface area contributed by atoms with Crippen molar-refractivity contribution in [3.8, 4) is 0 Å². The lowest BCUT2D eigenvalue weighted by Crippen LogP contribution is -2.32. The second-order valence-electron chi connectivity index (χ2n) is 6.94. The van der Waals surface area contributed by atoms with E-state index < -0.39 is 0 Å². The summed E-state index contributed by atoms with van der Waals surface area (Å²) in [6.45, 7) is 4.88. The molecule has 1 fully saturated rings. The van der Waals surface area contributed by atoms with Crippen molar-refractivity contribution in [2.75, 3.05) is 31.2 Å². The molecule has 0 amide bonds. The van der Waals surface area contributed by atoms with Crippen molar-refractivity contribution in [2.24, 2.45) is 5.92 Å². The van der Waals surface area contributed by atoms with E-state index in [9.17, 15) is 0 Å². The number of rotatable bonds is 4. The molecule has 3 heteroatoms. The van der Waals surface area contributed by atoms with E-state index in [-0.39, 0.29) is 0 Å². The van der Waals surface area contributed by atoms with Crippen molar-refractivity contribution >= 4 is 5.69 Å². The Bertz CT molecular complexity index is 584. The molecule has 1 aromatic carbocycles. The minimum Gasteiger partial charge on any atom is -0.303 e. The van der Waals surface area contributed by atoms with Gasteiger partial charge in [0.25, 0.3) is 0 Å². The minimum absolute atomic E-state index is 0.707. The molecule has 1 N–H and O–H groups in total. The van der Waals surface area contributed by atoms with Gasteiger partial charge < -0.3 is 4.90 Å². The Morgan fingerprint density at radius 1 is 1.04 bits per heavy atom. The lowest BCUT2D eigenvalue weighted by atomic mass is 9.87. The Morgan fingerprint density at radius 2 is 1.87 bits per heavy atom. The first-order valence-electron chi connectivity index (χ1n) is 9.12. The van der Waals surface area contributed by atoms with Crippen LogP contribution in [0.2, 0.25) is 0 Å². The number of anilines is 1. The number of allylic oxidation sites excluding steroid dienone is 2. The van der Waals surface area contributed by atoms with Crippen LogP contribution in [-0.4, -0.2) is 31.1 Å². The summed E-state index contributed by atoms with van der Waals surface area (Å²) in [6.07, 6.45) is 11.4. The number of nitrogens with zero attached hydrogens (tertiary/aromatic N) is 2. The summed E-state index contributed by atoms with van der Waals surface area (Å²) < 4.78 is 0. The number of benzene rings is 1. The number of hydrogen-bond donors (Lipinski definition) is 1. The molecule has 122 valence electrons. The molecule has 23 heavy (non-hydrogen) atoms. The average Bonchev–Trinajstić information content (AvgIpc) is 3.06. The van der Waals surface area contributed by atoms with Gasteiger partial charge in [0.1, 0.15) is 0 Å². The maximum atomic E-state index is 3.58. The van der Waals surface area contributed by atoms with E-state index in [4.69, 9.17) is 0 Å². The van der Waals surface area contributed by atoms with Crippen LogP contribution in [0.5, 0.6) is 0 Å². The molecule has 1 atom stereocenters. The molecule has 0 bridgehead atoms. The summed E-state index contributed by atoms with van der Waals surface area (Å²) in [6, 6.07) is 10.6. The normalized spacial score (nSPS) is 25.0. The lowest BCUT2D eigenvalue weighted by Gasteiger charge is -2.29. The SMILES string of the molecule is C1=CC2=C(CNN2c2ccccc2)C(CCN2CCCCC2)C1. The monoisotopic (exact) mass is 309 g/mol. The first-order chi connectivity index (χ1) is 11.4. The molecule has 2 aliphatic heterocycles. The van der Waals surface area contributed by atoms with Crippen LogP contribution < -0.4 is 10.4 Å². The third kappa shape index (κ3) is 3.22. The Kier molecular flexibility index (Phi) is 4.49. The molecule has 0 aromatic heterocycles. The van der Waals surface area contributed by atoms with E-state index >= 15 is 0 Å². The minimum atomic E-state index is 0.707. The molecule has 1 aliphatic carbocycles. The van der Waals surface area contributed by atoms with E-state index in [2.05, 4.69) is 57.8 Å². The predicted octanol–water partition coefficient (Wildman–Crippen LogP) is 3.72. The second kappa shape index (κ2) is 6.90. The molecule has 3 nitrogen and oxygen atoms in total. The van der Waals surface area contributed by atoms with Gasteiger partial charge in [-0.3, -0.25) is 5.01 Å². The topological polar surface area (TPSA) is 18.5 Å². The molecule has 1 saturated heterocycles. The van der Waals surface area contributed by atoms with Crippen LogP contribution in [0.25, 0.3) is 0 Å². The zero-order chi connectivity index (χ0) is 15.5. The highest BCUT2D eigenvalue weighted by Crippen LogP contribution is 2.34. The number of likely N-dealkylation sites (tertiary alicyclic amines) is 1. The van der Waals surface area contributed by atoms with Gasteiger partial charge in [-0.05, 0) is 75.0 Å². The molecular weight excluding hydrogens is 282 g/mol. The van der Waals surface area contributed by atoms with Gasteiger partial charge in [-0.25, -0.2) is 5.43 Å². The summed E-state index contributed by atoms with van der Waals surface area (Å²) in [5.41, 5.74) is 7.80. The Balaban J connectivity index is 1.45. The molecule has 2 heterocycles. The smallest absolute Gasteiger partial charge is 0.0583 e. The highest BCUT2D eigenvalue weighted by atomic mass is 15.5. The first kappa shape index (κ1) is 15.0. The van der Waals surface area contributed by atoms with Gasteiger partial charge in [-0.1, -0.05) is 30.7 Å². The van der Waals surface area contributed by atoms with Gasteiger partial charge in [0.15, 0.2) is 0 Å². The van der Waals surface area contributed by atoms with Gasteiger partial charge in [0.05, 0.1) is 11.4 Å². The summed E-state index contributed by atoms with van der Waals surface area (Å²) >= 11 is 0. The van der Waals surface area contributed by atoms with E-state index in [0.717, 1.165) is 6.54 Å². The molecule has 1 unspecified atom stereocenters. The molecule has 0 radical (unpaired) electrons. The van der Waals surface area contributed by atoms with Crippen LogP contribution in [0.15, 0.2) is 53.8 Å². The van der Waals surface area contributed by atoms with Crippen molar-refractivity contribution < 1.29 is 0 Å². The van der Waals surface area contributed by atoms with Crippen molar-refractivity contribution in [1.29, 1.82) is 0 Å². The quantitative estimate of drug-likeness (QED) is 0.914. The summed E-state index contributed by atoms with van der Waals surface area (Å²) in [7, 11) is 0. The Hall–Kier alpha value is -1.58. The summed E-state index contributed by atoms with van der Waals surface area (Å²) in [5, 5.41) is 2.26. The van der Waals surface area contributed by atoms with E-state index in [1.165, 1.54) is 63.1 Å². The fraction of sp³-hybridized carbons (Fsp3) is 0.500. The van der Waals surface area contributed by atoms with Gasteiger partial charge in [0.2, 0.25) is 0 Å². The maximum Gasteiger partial charge on any atom is 0.0583 e. The standard InChI is InChI=1S/C20H27N3/c1-3-9-18(10-4-1)23-20-11-7-8-17(19(20)16-21-23)12-15-22-13-5-2-6-14-22/h1,3-4,7,9-11,17,21H,2,5-6,8,12-16H2. The van der Waals surface area contributed by atoms with Gasteiger partial charge in [-0.15, -0.1) is 0 Å².